The summed E-state index contributed by atoms with van der Waals surface area (Å²) in [6.07, 6.45) is 2.77. The molecular formula is C18H19ClN2O2. The highest BCUT2D eigenvalue weighted by Gasteiger charge is 2.03. The topological polar surface area (TPSA) is 50.7 Å². The normalized spacial score (nSPS) is 10.7. The number of amides is 1. The summed E-state index contributed by atoms with van der Waals surface area (Å²) in [7, 11) is 0. The highest BCUT2D eigenvalue weighted by atomic mass is 35.5. The van der Waals surface area contributed by atoms with Crippen LogP contribution in [0.5, 0.6) is 5.75 Å². The number of carbonyl (C=O) groups is 1. The van der Waals surface area contributed by atoms with Crippen LogP contribution in [0.15, 0.2) is 53.6 Å². The number of carbonyl (C=O) groups excluding carboxylic acids is 1. The van der Waals surface area contributed by atoms with E-state index in [0.29, 0.717) is 23.8 Å². The molecule has 2 aromatic rings. The molecule has 5 heteroatoms. The van der Waals surface area contributed by atoms with Crippen molar-refractivity contribution in [2.75, 3.05) is 6.61 Å². The summed E-state index contributed by atoms with van der Waals surface area (Å²) >= 11 is 6.14. The minimum atomic E-state index is -0.165. The van der Waals surface area contributed by atoms with E-state index in [-0.39, 0.29) is 5.91 Å². The van der Waals surface area contributed by atoms with Crippen molar-refractivity contribution in [2.24, 2.45) is 5.10 Å². The van der Waals surface area contributed by atoms with Crippen LogP contribution in [0, 0.1) is 0 Å². The van der Waals surface area contributed by atoms with Gasteiger partial charge in [0.1, 0.15) is 5.75 Å². The van der Waals surface area contributed by atoms with Crippen LogP contribution in [-0.4, -0.2) is 18.7 Å². The summed E-state index contributed by atoms with van der Waals surface area (Å²) < 4.78 is 5.50. The van der Waals surface area contributed by atoms with E-state index in [9.17, 15) is 4.79 Å². The van der Waals surface area contributed by atoms with Crippen molar-refractivity contribution in [2.45, 2.75) is 19.8 Å². The fourth-order valence-electron chi connectivity index (χ4n) is 1.93. The average molecular weight is 331 g/mol. The molecule has 4 nitrogen and oxygen atoms in total. The maximum atomic E-state index is 11.8. The Morgan fingerprint density at radius 3 is 2.74 bits per heavy atom. The molecule has 0 spiro atoms. The van der Waals surface area contributed by atoms with Crippen molar-refractivity contribution in [3.8, 4) is 5.75 Å². The van der Waals surface area contributed by atoms with E-state index in [0.717, 1.165) is 17.5 Å². The van der Waals surface area contributed by atoms with Gasteiger partial charge in [0.15, 0.2) is 0 Å². The third-order valence-corrected chi connectivity index (χ3v) is 3.32. The predicted molar refractivity (Wildman–Crippen MR) is 93.1 cm³/mol. The number of ether oxygens (including phenoxy) is 1. The van der Waals surface area contributed by atoms with Gasteiger partial charge in [0.25, 0.3) is 0 Å². The second-order valence-electron chi connectivity index (χ2n) is 4.99. The van der Waals surface area contributed by atoms with Crippen LogP contribution in [0.3, 0.4) is 0 Å². The molecule has 0 heterocycles. The molecule has 0 unspecified atom stereocenters. The third kappa shape index (κ3) is 5.75. The van der Waals surface area contributed by atoms with Gasteiger partial charge in [-0.2, -0.15) is 5.10 Å². The Labute approximate surface area is 141 Å². The lowest BCUT2D eigenvalue weighted by atomic mass is 10.1. The molecule has 0 aliphatic heterocycles. The van der Waals surface area contributed by atoms with Crippen LogP contribution >= 0.6 is 11.6 Å². The fourth-order valence-corrected chi connectivity index (χ4v) is 2.17. The Kier molecular flexibility index (Phi) is 6.63. The van der Waals surface area contributed by atoms with E-state index < -0.39 is 0 Å². The summed E-state index contributed by atoms with van der Waals surface area (Å²) in [5.74, 6) is 0.486. The molecule has 0 saturated heterocycles. The van der Waals surface area contributed by atoms with Crippen LogP contribution in [-0.2, 0) is 11.2 Å². The van der Waals surface area contributed by atoms with Gasteiger partial charge in [-0.05, 0) is 35.7 Å². The first-order valence-corrected chi connectivity index (χ1v) is 7.85. The number of hydrogen-bond acceptors (Lipinski definition) is 3. The number of nitrogens with zero attached hydrogens (tertiary/aromatic N) is 1. The molecule has 0 aliphatic carbocycles. The number of nitrogens with one attached hydrogen (secondary N) is 1. The zero-order chi connectivity index (χ0) is 16.5. The Hall–Kier alpha value is -2.33. The molecular weight excluding hydrogens is 312 g/mol. The van der Waals surface area contributed by atoms with Crippen LogP contribution in [0.1, 0.15) is 24.5 Å². The quantitative estimate of drug-likeness (QED) is 0.619. The van der Waals surface area contributed by atoms with Gasteiger partial charge in [-0.3, -0.25) is 4.79 Å². The Balaban J connectivity index is 1.87. The second kappa shape index (κ2) is 8.96. The van der Waals surface area contributed by atoms with Crippen LogP contribution in [0.4, 0.5) is 0 Å². The first kappa shape index (κ1) is 17.0. The van der Waals surface area contributed by atoms with Gasteiger partial charge < -0.3 is 4.74 Å². The smallest absolute Gasteiger partial charge is 0.244 e. The zero-order valence-electron chi connectivity index (χ0n) is 13.0. The van der Waals surface area contributed by atoms with Crippen molar-refractivity contribution in [1.29, 1.82) is 0 Å². The maximum absolute atomic E-state index is 11.8. The zero-order valence-corrected chi connectivity index (χ0v) is 13.7. The number of rotatable bonds is 7. The molecule has 2 aromatic carbocycles. The third-order valence-electron chi connectivity index (χ3n) is 3.03. The lowest BCUT2D eigenvalue weighted by Gasteiger charge is -2.06. The molecule has 1 N–H and O–H groups in total. The molecule has 23 heavy (non-hydrogen) atoms. The van der Waals surface area contributed by atoms with Gasteiger partial charge in [-0.15, -0.1) is 0 Å². The maximum Gasteiger partial charge on any atom is 0.244 e. The molecule has 0 atom stereocenters. The van der Waals surface area contributed by atoms with Crippen LogP contribution in [0.2, 0.25) is 5.02 Å². The van der Waals surface area contributed by atoms with Gasteiger partial charge in [-0.1, -0.05) is 48.9 Å². The molecule has 0 aromatic heterocycles. The summed E-state index contributed by atoms with van der Waals surface area (Å²) in [6.45, 7) is 2.66. The minimum absolute atomic E-state index is 0.165. The number of hydrogen-bond donors (Lipinski definition) is 1. The van der Waals surface area contributed by atoms with Crippen molar-refractivity contribution in [3.63, 3.8) is 0 Å². The Morgan fingerprint density at radius 1 is 1.26 bits per heavy atom. The van der Waals surface area contributed by atoms with Gasteiger partial charge in [0.05, 0.1) is 24.3 Å². The van der Waals surface area contributed by atoms with E-state index in [4.69, 9.17) is 16.3 Å². The minimum Gasteiger partial charge on any atom is -0.492 e. The molecule has 0 saturated carbocycles. The molecule has 2 rings (SSSR count). The van der Waals surface area contributed by atoms with E-state index in [1.165, 1.54) is 0 Å². The second-order valence-corrected chi connectivity index (χ2v) is 5.40. The summed E-state index contributed by atoms with van der Waals surface area (Å²) in [5, 5.41) is 4.47. The number of benzene rings is 2. The first-order valence-electron chi connectivity index (χ1n) is 7.47. The summed E-state index contributed by atoms with van der Waals surface area (Å²) in [4.78, 5) is 11.8. The molecule has 0 radical (unpaired) electrons. The first-order chi connectivity index (χ1) is 11.2. The lowest BCUT2D eigenvalue weighted by molar-refractivity contribution is -0.120. The average Bonchev–Trinajstić information content (AvgIpc) is 2.55. The van der Waals surface area contributed by atoms with Crippen molar-refractivity contribution < 1.29 is 9.53 Å². The summed E-state index contributed by atoms with van der Waals surface area (Å²) in [5.41, 5.74) is 4.24. The van der Waals surface area contributed by atoms with Crippen molar-refractivity contribution in [1.82, 2.24) is 5.43 Å². The van der Waals surface area contributed by atoms with Gasteiger partial charge in [-0.25, -0.2) is 5.43 Å². The van der Waals surface area contributed by atoms with Crippen LogP contribution in [0.25, 0.3) is 0 Å². The van der Waals surface area contributed by atoms with E-state index in [1.54, 1.807) is 18.3 Å². The highest BCUT2D eigenvalue weighted by Crippen LogP contribution is 2.24. The van der Waals surface area contributed by atoms with E-state index in [2.05, 4.69) is 10.5 Å². The Bertz CT molecular complexity index is 672. The largest absolute Gasteiger partial charge is 0.492 e. The van der Waals surface area contributed by atoms with E-state index >= 15 is 0 Å². The monoisotopic (exact) mass is 330 g/mol. The van der Waals surface area contributed by atoms with Gasteiger partial charge in [0, 0.05) is 0 Å². The molecule has 0 aliphatic rings. The van der Waals surface area contributed by atoms with Gasteiger partial charge >= 0.3 is 0 Å². The number of hydrazone groups is 1. The Morgan fingerprint density at radius 2 is 2.04 bits per heavy atom. The van der Waals surface area contributed by atoms with E-state index in [1.807, 2.05) is 43.3 Å². The molecule has 0 bridgehead atoms. The standard InChI is InChI=1S/C18H19ClN2O2/c1-2-10-23-17-9-8-15(11-16(17)19)13-20-21-18(22)12-14-6-4-3-5-7-14/h3-9,11,13H,2,10,12H2,1H3,(H,21,22)/b20-13-. The number of halogens is 1. The molecule has 1 amide bonds. The van der Waals surface area contributed by atoms with Gasteiger partial charge in [0.2, 0.25) is 5.91 Å². The highest BCUT2D eigenvalue weighted by molar-refractivity contribution is 6.32. The van der Waals surface area contributed by atoms with Crippen LogP contribution < -0.4 is 10.2 Å². The SMILES string of the molecule is CCCOc1ccc(/C=N\NC(=O)Cc2ccccc2)cc1Cl. The van der Waals surface area contributed by atoms with Crippen molar-refractivity contribution in [3.05, 3.63) is 64.7 Å². The summed E-state index contributed by atoms with van der Waals surface area (Å²) in [6, 6.07) is 14.9. The molecule has 120 valence electrons. The lowest BCUT2D eigenvalue weighted by Crippen LogP contribution is -2.19. The van der Waals surface area contributed by atoms with Crippen molar-refractivity contribution >= 4 is 23.7 Å². The fraction of sp³-hybridized carbons (Fsp3) is 0.222. The predicted octanol–water partition coefficient (Wildman–Crippen LogP) is 3.82. The molecule has 0 fully saturated rings.